The quantitative estimate of drug-likeness (QED) is 0.204. The summed E-state index contributed by atoms with van der Waals surface area (Å²) in [5, 5.41) is 12.1. The molecule has 0 amide bonds. The molecule has 2 N–H and O–H groups in total. The molecule has 0 aliphatic carbocycles. The first kappa shape index (κ1) is 26.9. The fraction of sp³-hybridized carbons (Fsp3) is 0.242. The third-order valence-corrected chi connectivity index (χ3v) is 6.36. The summed E-state index contributed by atoms with van der Waals surface area (Å²) in [5.41, 5.74) is 5.44. The van der Waals surface area contributed by atoms with E-state index in [-0.39, 0.29) is 18.9 Å². The highest BCUT2D eigenvalue weighted by atomic mass is 19.1. The highest BCUT2D eigenvalue weighted by Crippen LogP contribution is 2.32. The molecule has 0 saturated heterocycles. The molecule has 0 unspecified atom stereocenters. The van der Waals surface area contributed by atoms with Gasteiger partial charge < -0.3 is 15.2 Å². The van der Waals surface area contributed by atoms with Gasteiger partial charge >= 0.3 is 5.97 Å². The zero-order valence-electron chi connectivity index (χ0n) is 21.9. The van der Waals surface area contributed by atoms with Crippen LogP contribution in [0.5, 0.6) is 5.75 Å². The predicted molar refractivity (Wildman–Crippen MR) is 150 cm³/mol. The van der Waals surface area contributed by atoms with Crippen molar-refractivity contribution in [2.75, 3.05) is 5.32 Å². The van der Waals surface area contributed by atoms with Crippen LogP contribution in [0, 0.1) is 11.7 Å². The van der Waals surface area contributed by atoms with Crippen molar-refractivity contribution in [1.82, 2.24) is 0 Å². The number of carbonyl (C=O) groups is 1. The maximum absolute atomic E-state index is 14.4. The molecule has 38 heavy (non-hydrogen) atoms. The Hall–Kier alpha value is -4.12. The molecule has 0 radical (unpaired) electrons. The van der Waals surface area contributed by atoms with Crippen molar-refractivity contribution in [3.63, 3.8) is 0 Å². The van der Waals surface area contributed by atoms with Crippen LogP contribution in [0.3, 0.4) is 0 Å². The van der Waals surface area contributed by atoms with Crippen LogP contribution in [0.25, 0.3) is 0 Å². The Morgan fingerprint density at radius 1 is 0.868 bits per heavy atom. The Labute approximate surface area is 224 Å². The third-order valence-electron chi connectivity index (χ3n) is 6.36. The summed E-state index contributed by atoms with van der Waals surface area (Å²) in [5.74, 6) is -0.0302. The van der Waals surface area contributed by atoms with Crippen molar-refractivity contribution < 1.29 is 19.0 Å². The van der Waals surface area contributed by atoms with Gasteiger partial charge in [-0.25, -0.2) is 4.39 Å². The van der Waals surface area contributed by atoms with Gasteiger partial charge in [-0.2, -0.15) is 0 Å². The van der Waals surface area contributed by atoms with Gasteiger partial charge in [0.2, 0.25) is 0 Å². The second-order valence-corrected chi connectivity index (χ2v) is 9.91. The Balaban J connectivity index is 1.53. The molecule has 0 aliphatic heterocycles. The van der Waals surface area contributed by atoms with E-state index in [1.165, 1.54) is 6.07 Å². The minimum Gasteiger partial charge on any atom is -0.481 e. The fourth-order valence-corrected chi connectivity index (χ4v) is 4.47. The molecule has 0 aromatic heterocycles. The second kappa shape index (κ2) is 12.9. The van der Waals surface area contributed by atoms with Gasteiger partial charge in [0.1, 0.15) is 17.7 Å². The van der Waals surface area contributed by atoms with Crippen molar-refractivity contribution >= 4 is 11.7 Å². The first-order valence-corrected chi connectivity index (χ1v) is 13.0. The highest BCUT2D eigenvalue weighted by molar-refractivity contribution is 5.67. The minimum atomic E-state index is -0.935. The molecule has 4 aromatic rings. The zero-order chi connectivity index (χ0) is 26.9. The van der Waals surface area contributed by atoms with Gasteiger partial charge in [0, 0.05) is 18.7 Å². The fourth-order valence-electron chi connectivity index (χ4n) is 4.47. The summed E-state index contributed by atoms with van der Waals surface area (Å²) in [6.45, 7) is 4.91. The molecule has 0 fully saturated rings. The van der Waals surface area contributed by atoms with E-state index in [0.717, 1.165) is 34.4 Å². The summed E-state index contributed by atoms with van der Waals surface area (Å²) < 4.78 is 21.1. The SMILES string of the molecule is CC(C)Cc1cc(CNc2ccc(CCC(=O)O)c(F)c2)ccc1OC(c1ccccc1)c1ccccc1. The van der Waals surface area contributed by atoms with Crippen molar-refractivity contribution in [3.8, 4) is 5.75 Å². The number of benzene rings is 4. The number of nitrogens with one attached hydrogen (secondary N) is 1. The van der Waals surface area contributed by atoms with E-state index in [2.05, 4.69) is 49.5 Å². The minimum absolute atomic E-state index is 0.0911. The number of hydrogen-bond donors (Lipinski definition) is 2. The summed E-state index contributed by atoms with van der Waals surface area (Å²) >= 11 is 0. The first-order chi connectivity index (χ1) is 18.4. The van der Waals surface area contributed by atoms with E-state index in [9.17, 15) is 9.18 Å². The number of aryl methyl sites for hydroxylation is 1. The van der Waals surface area contributed by atoms with Crippen molar-refractivity contribution in [2.45, 2.75) is 45.8 Å². The average Bonchev–Trinajstić information content (AvgIpc) is 2.91. The number of hydrogen-bond acceptors (Lipinski definition) is 3. The van der Waals surface area contributed by atoms with Crippen LogP contribution in [0.4, 0.5) is 10.1 Å². The summed E-state index contributed by atoms with van der Waals surface area (Å²) in [4.78, 5) is 10.8. The lowest BCUT2D eigenvalue weighted by Crippen LogP contribution is -2.12. The predicted octanol–water partition coefficient (Wildman–Crippen LogP) is 7.82. The lowest BCUT2D eigenvalue weighted by Gasteiger charge is -2.23. The number of carboxylic acids is 1. The molecule has 4 rings (SSSR count). The van der Waals surface area contributed by atoms with Crippen LogP contribution in [0.2, 0.25) is 0 Å². The molecule has 0 atom stereocenters. The second-order valence-electron chi connectivity index (χ2n) is 9.91. The lowest BCUT2D eigenvalue weighted by atomic mass is 9.98. The van der Waals surface area contributed by atoms with Crippen LogP contribution in [0.15, 0.2) is 97.1 Å². The van der Waals surface area contributed by atoms with Crippen LogP contribution in [-0.4, -0.2) is 11.1 Å². The maximum atomic E-state index is 14.4. The number of rotatable bonds is 12. The van der Waals surface area contributed by atoms with E-state index < -0.39 is 11.8 Å². The monoisotopic (exact) mass is 511 g/mol. The molecule has 4 aromatic carbocycles. The molecule has 0 heterocycles. The van der Waals surface area contributed by atoms with E-state index in [4.69, 9.17) is 9.84 Å². The number of halogens is 1. The molecule has 196 valence electrons. The largest absolute Gasteiger partial charge is 0.481 e. The summed E-state index contributed by atoms with van der Waals surface area (Å²) in [7, 11) is 0. The topological polar surface area (TPSA) is 58.6 Å². The molecule has 0 saturated carbocycles. The Bertz CT molecular complexity index is 1300. The maximum Gasteiger partial charge on any atom is 0.303 e. The van der Waals surface area contributed by atoms with E-state index in [1.54, 1.807) is 12.1 Å². The van der Waals surface area contributed by atoms with E-state index >= 15 is 0 Å². The molecule has 5 heteroatoms. The van der Waals surface area contributed by atoms with Gasteiger partial charge in [-0.3, -0.25) is 4.79 Å². The standard InChI is InChI=1S/C33H34FNO3/c1-23(2)19-28-20-24(22-35-29-16-14-25(30(34)21-29)15-18-32(36)37)13-17-31(28)38-33(26-9-5-3-6-10-26)27-11-7-4-8-12-27/h3-14,16-17,20-21,23,33,35H,15,18-19,22H2,1-2H3,(H,36,37). The van der Waals surface area contributed by atoms with Crippen molar-refractivity contribution in [2.24, 2.45) is 5.92 Å². The number of ether oxygens (including phenoxy) is 1. The number of anilines is 1. The van der Waals surface area contributed by atoms with Gasteiger partial charge in [-0.1, -0.05) is 92.7 Å². The number of aliphatic carboxylic acids is 1. The molecular weight excluding hydrogens is 477 g/mol. The van der Waals surface area contributed by atoms with Crippen LogP contribution < -0.4 is 10.1 Å². The van der Waals surface area contributed by atoms with Gasteiger partial charge in [-0.15, -0.1) is 0 Å². The van der Waals surface area contributed by atoms with Crippen LogP contribution >= 0.6 is 0 Å². The highest BCUT2D eigenvalue weighted by Gasteiger charge is 2.18. The van der Waals surface area contributed by atoms with Gasteiger partial charge in [0.15, 0.2) is 0 Å². The van der Waals surface area contributed by atoms with Crippen LogP contribution in [-0.2, 0) is 24.2 Å². The third kappa shape index (κ3) is 7.45. The van der Waals surface area contributed by atoms with E-state index in [1.807, 2.05) is 48.5 Å². The average molecular weight is 512 g/mol. The lowest BCUT2D eigenvalue weighted by molar-refractivity contribution is -0.136. The van der Waals surface area contributed by atoms with Crippen LogP contribution in [0.1, 0.15) is 54.2 Å². The van der Waals surface area contributed by atoms with Crippen molar-refractivity contribution in [1.29, 1.82) is 0 Å². The molecule has 0 spiro atoms. The normalized spacial score (nSPS) is 11.1. The smallest absolute Gasteiger partial charge is 0.303 e. The Morgan fingerprint density at radius 2 is 1.53 bits per heavy atom. The number of carboxylic acid groups (broad SMARTS) is 1. The van der Waals surface area contributed by atoms with Gasteiger partial charge in [0.25, 0.3) is 0 Å². The zero-order valence-corrected chi connectivity index (χ0v) is 21.9. The Morgan fingerprint density at radius 3 is 2.11 bits per heavy atom. The summed E-state index contributed by atoms with van der Waals surface area (Å²) in [6.07, 6.45) is 0.724. The van der Waals surface area contributed by atoms with E-state index in [0.29, 0.717) is 23.7 Å². The molecule has 0 bridgehead atoms. The molecule has 0 aliphatic rings. The van der Waals surface area contributed by atoms with Gasteiger partial charge in [-0.05, 0) is 64.8 Å². The summed E-state index contributed by atoms with van der Waals surface area (Å²) in [6, 6.07) is 31.6. The molecule has 4 nitrogen and oxygen atoms in total. The Kier molecular flexibility index (Phi) is 9.15. The first-order valence-electron chi connectivity index (χ1n) is 13.0. The molecular formula is C33H34FNO3. The van der Waals surface area contributed by atoms with Gasteiger partial charge in [0.05, 0.1) is 0 Å². The van der Waals surface area contributed by atoms with Crippen molar-refractivity contribution in [3.05, 3.63) is 131 Å².